The van der Waals surface area contributed by atoms with Crippen molar-refractivity contribution in [3.63, 3.8) is 0 Å². The van der Waals surface area contributed by atoms with Crippen LogP contribution in [0.2, 0.25) is 0 Å². The molecule has 4 aliphatic rings. The lowest BCUT2D eigenvalue weighted by Gasteiger charge is -2.61. The summed E-state index contributed by atoms with van der Waals surface area (Å²) >= 11 is 0. The minimum atomic E-state index is -0.453. The van der Waals surface area contributed by atoms with E-state index in [1.165, 1.54) is 18.4 Å². The lowest BCUT2D eigenvalue weighted by atomic mass is 9.60. The number of aliphatic hydroxyl groups is 1. The molecule has 13 nitrogen and oxygen atoms in total. The zero-order chi connectivity index (χ0) is 35.3. The van der Waals surface area contributed by atoms with Crippen molar-refractivity contribution in [1.29, 1.82) is 0 Å². The monoisotopic (exact) mass is 696 g/mol. The van der Waals surface area contributed by atoms with Crippen molar-refractivity contribution in [3.05, 3.63) is 59.5 Å². The Hall–Kier alpha value is -4.33. The largest absolute Gasteiger partial charge is 0.467 e. The molecular weight excluding hydrogens is 648 g/mol. The van der Waals surface area contributed by atoms with Gasteiger partial charge in [0, 0.05) is 79.2 Å². The fourth-order valence-electron chi connectivity index (χ4n) is 8.63. The van der Waals surface area contributed by atoms with Crippen LogP contribution < -0.4 is 9.64 Å². The first-order valence-electron chi connectivity index (χ1n) is 18.1. The number of para-hydroxylation sites is 1. The topological polar surface area (TPSA) is 142 Å². The van der Waals surface area contributed by atoms with E-state index in [0.717, 1.165) is 67.6 Å². The molecule has 3 aromatic heterocycles. The summed E-state index contributed by atoms with van der Waals surface area (Å²) in [5.41, 5.74) is 5.25. The molecule has 2 N–H and O–H groups in total. The molecule has 1 atom stereocenters. The third-order valence-corrected chi connectivity index (χ3v) is 11.1. The molecule has 51 heavy (non-hydrogen) atoms. The number of aromatic nitrogens is 5. The van der Waals surface area contributed by atoms with Gasteiger partial charge in [-0.2, -0.15) is 0 Å². The molecule has 0 bridgehead atoms. The molecular formula is C38H48N8O5. The highest BCUT2D eigenvalue weighted by Crippen LogP contribution is 2.51. The van der Waals surface area contributed by atoms with Crippen LogP contribution in [0.4, 0.5) is 10.7 Å². The van der Waals surface area contributed by atoms with Gasteiger partial charge in [-0.1, -0.05) is 12.1 Å². The van der Waals surface area contributed by atoms with Crippen molar-refractivity contribution in [2.45, 2.75) is 76.5 Å². The van der Waals surface area contributed by atoms with Crippen LogP contribution in [0.5, 0.6) is 5.75 Å². The normalized spacial score (nSPS) is 21.0. The second-order valence-corrected chi connectivity index (χ2v) is 15.7. The predicted molar refractivity (Wildman–Crippen MR) is 192 cm³/mol. The predicted octanol–water partition coefficient (Wildman–Crippen LogP) is 5.07. The van der Waals surface area contributed by atoms with Crippen molar-refractivity contribution < 1.29 is 24.1 Å². The van der Waals surface area contributed by atoms with Crippen LogP contribution in [0.1, 0.15) is 75.2 Å². The zero-order valence-corrected chi connectivity index (χ0v) is 30.0. The minimum absolute atomic E-state index is 0.0871. The average Bonchev–Trinajstić information content (AvgIpc) is 3.47. The van der Waals surface area contributed by atoms with Crippen molar-refractivity contribution in [2.75, 3.05) is 58.1 Å². The fourth-order valence-corrected chi connectivity index (χ4v) is 8.63. The van der Waals surface area contributed by atoms with Crippen LogP contribution in [0.15, 0.2) is 42.7 Å². The minimum Gasteiger partial charge on any atom is -0.467 e. The van der Waals surface area contributed by atoms with Crippen LogP contribution >= 0.6 is 0 Å². The summed E-state index contributed by atoms with van der Waals surface area (Å²) in [7, 11) is 1.59. The van der Waals surface area contributed by atoms with Gasteiger partial charge in [-0.25, -0.2) is 14.8 Å². The van der Waals surface area contributed by atoms with E-state index in [2.05, 4.69) is 25.0 Å². The van der Waals surface area contributed by atoms with Gasteiger partial charge in [0.15, 0.2) is 12.4 Å². The third-order valence-electron chi connectivity index (χ3n) is 11.1. The number of piperidine rings is 1. The molecule has 13 heteroatoms. The van der Waals surface area contributed by atoms with E-state index >= 15 is 0 Å². The number of hydrogen-bond donors (Lipinski definition) is 2. The summed E-state index contributed by atoms with van der Waals surface area (Å²) in [5.74, 6) is 1.71. The molecule has 4 aromatic rings. The molecule has 1 amide bonds. The number of anilines is 1. The first-order valence-corrected chi connectivity index (χ1v) is 18.1. The van der Waals surface area contributed by atoms with Crippen LogP contribution in [-0.2, 0) is 15.9 Å². The maximum absolute atomic E-state index is 12.4. The van der Waals surface area contributed by atoms with Gasteiger partial charge in [-0.15, -0.1) is 10.2 Å². The van der Waals surface area contributed by atoms with Gasteiger partial charge >= 0.3 is 6.09 Å². The van der Waals surface area contributed by atoms with E-state index in [4.69, 9.17) is 24.2 Å². The number of aromatic amines is 1. The van der Waals surface area contributed by atoms with Crippen molar-refractivity contribution >= 4 is 23.1 Å². The quantitative estimate of drug-likeness (QED) is 0.239. The van der Waals surface area contributed by atoms with Crippen molar-refractivity contribution in [1.82, 2.24) is 34.9 Å². The molecule has 1 aliphatic carbocycles. The van der Waals surface area contributed by atoms with Crippen molar-refractivity contribution in [3.8, 4) is 17.0 Å². The number of rotatable bonds is 8. The molecule has 6 heterocycles. The third kappa shape index (κ3) is 6.51. The van der Waals surface area contributed by atoms with Gasteiger partial charge in [-0.05, 0) is 89.2 Å². The highest BCUT2D eigenvalue weighted by atomic mass is 16.7. The van der Waals surface area contributed by atoms with E-state index in [0.29, 0.717) is 41.5 Å². The Morgan fingerprint density at radius 2 is 1.80 bits per heavy atom. The first-order chi connectivity index (χ1) is 24.6. The average molecular weight is 697 g/mol. The highest BCUT2D eigenvalue weighted by Gasteiger charge is 2.55. The standard InChI is InChI=1S/C38H48N8O5/c1-37(2,3)51-36(48)45-21-38(22-45)16-26(17-38)44-12-9-24(10-13-44)25-18-39-35(40-19-25)46-14-11-29-33(31(46)20-47)28-15-30(42-43-34(28)41-29)27-7-5-6-8-32(27)50-23-49-4/h5-8,15,18-19,24,26,31,47H,9-14,16-17,20-23H2,1-4H3,(H,41,43)/t31-/m1/s1. The molecule has 2 saturated heterocycles. The summed E-state index contributed by atoms with van der Waals surface area (Å²) in [6, 6.07) is 9.99. The molecule has 1 aromatic carbocycles. The maximum atomic E-state index is 12.4. The lowest BCUT2D eigenvalue weighted by Crippen LogP contribution is -2.68. The lowest BCUT2D eigenvalue weighted by molar-refractivity contribution is -0.110. The number of fused-ring (bicyclic) bond motifs is 3. The van der Waals surface area contributed by atoms with Gasteiger partial charge in [0.2, 0.25) is 5.95 Å². The summed E-state index contributed by atoms with van der Waals surface area (Å²) < 4.78 is 16.5. The Balaban J connectivity index is 0.902. The van der Waals surface area contributed by atoms with E-state index in [-0.39, 0.29) is 30.9 Å². The Kier molecular flexibility index (Phi) is 8.84. The number of likely N-dealkylation sites (tertiary alicyclic amines) is 2. The smallest absolute Gasteiger partial charge is 0.410 e. The van der Waals surface area contributed by atoms with Gasteiger partial charge in [0.1, 0.15) is 11.4 Å². The number of hydrogen-bond acceptors (Lipinski definition) is 11. The second-order valence-electron chi connectivity index (χ2n) is 15.7. The summed E-state index contributed by atoms with van der Waals surface area (Å²) in [6.45, 7) is 10.2. The number of nitrogens with zero attached hydrogens (tertiary/aromatic N) is 7. The van der Waals surface area contributed by atoms with Crippen LogP contribution in [0, 0.1) is 5.41 Å². The number of benzene rings is 1. The number of aliphatic hydroxyl groups excluding tert-OH is 1. The summed E-state index contributed by atoms with van der Waals surface area (Å²) in [6.07, 6.45) is 9.03. The number of amides is 1. The maximum Gasteiger partial charge on any atom is 0.410 e. The van der Waals surface area contributed by atoms with E-state index in [9.17, 15) is 9.90 Å². The molecule has 0 radical (unpaired) electrons. The van der Waals surface area contributed by atoms with Gasteiger partial charge in [0.05, 0.1) is 18.3 Å². The Bertz CT molecular complexity index is 1870. The molecule has 3 fully saturated rings. The Morgan fingerprint density at radius 1 is 1.06 bits per heavy atom. The van der Waals surface area contributed by atoms with Crippen LogP contribution in [-0.4, -0.2) is 111 Å². The molecule has 8 rings (SSSR count). The Morgan fingerprint density at radius 3 is 2.51 bits per heavy atom. The van der Waals surface area contributed by atoms with E-state index < -0.39 is 5.60 Å². The van der Waals surface area contributed by atoms with E-state index in [1.807, 2.05) is 68.4 Å². The number of H-pyrrole nitrogens is 1. The van der Waals surface area contributed by atoms with Crippen molar-refractivity contribution in [2.24, 2.45) is 5.41 Å². The number of ether oxygens (including phenoxy) is 3. The van der Waals surface area contributed by atoms with E-state index in [1.54, 1.807) is 7.11 Å². The van der Waals surface area contributed by atoms with Gasteiger partial charge in [-0.3, -0.25) is 0 Å². The van der Waals surface area contributed by atoms with Crippen LogP contribution in [0.3, 0.4) is 0 Å². The fraction of sp³-hybridized carbons (Fsp3) is 0.553. The second kappa shape index (κ2) is 13.3. The number of carbonyl (C=O) groups excluding carboxylic acids is 1. The number of carbonyl (C=O) groups is 1. The summed E-state index contributed by atoms with van der Waals surface area (Å²) in [5, 5.41) is 20.7. The number of methoxy groups -OCH3 is 1. The van der Waals surface area contributed by atoms with Crippen LogP contribution in [0.25, 0.3) is 22.3 Å². The van der Waals surface area contributed by atoms with Gasteiger partial charge in [0.25, 0.3) is 0 Å². The highest BCUT2D eigenvalue weighted by molar-refractivity contribution is 5.86. The molecule has 1 spiro atoms. The Labute approximate surface area is 298 Å². The molecule has 270 valence electrons. The molecule has 0 unspecified atom stereocenters. The molecule has 3 aliphatic heterocycles. The SMILES string of the molecule is COCOc1ccccc1-c1cc2c3c([nH]c2nn1)CCN(c1ncc(C2CCN(C4CC5(C4)CN(C(=O)OC(C)(C)C)C5)CC2)cn1)[C@@H]3CO. The number of nitrogens with one attached hydrogen (secondary N) is 1. The van der Waals surface area contributed by atoms with Gasteiger partial charge < -0.3 is 39.0 Å². The summed E-state index contributed by atoms with van der Waals surface area (Å²) in [4.78, 5) is 32.2. The molecule has 1 saturated carbocycles. The first kappa shape index (κ1) is 33.8. The zero-order valence-electron chi connectivity index (χ0n) is 30.0.